The molecule has 1 heterocycles. The Bertz CT molecular complexity index is 585. The van der Waals surface area contributed by atoms with Crippen LogP contribution in [0.15, 0.2) is 24.3 Å². The van der Waals surface area contributed by atoms with E-state index in [1.165, 1.54) is 0 Å². The van der Waals surface area contributed by atoms with E-state index in [9.17, 15) is 0 Å². The van der Waals surface area contributed by atoms with Crippen LogP contribution in [-0.2, 0) is 20.5 Å². The van der Waals surface area contributed by atoms with Crippen molar-refractivity contribution in [3.8, 4) is 5.75 Å². The lowest BCUT2D eigenvalue weighted by Crippen LogP contribution is -2.48. The molecule has 6 heteroatoms. The van der Waals surface area contributed by atoms with Gasteiger partial charge in [-0.1, -0.05) is 55.5 Å². The Labute approximate surface area is 185 Å². The fourth-order valence-corrected chi connectivity index (χ4v) is 5.15. The molecule has 0 N–H and O–H groups in total. The Morgan fingerprint density at radius 2 is 1.86 bits per heavy atom. The summed E-state index contributed by atoms with van der Waals surface area (Å²) in [5.41, 5.74) is 1.14. The molecule has 0 aromatic heterocycles. The maximum Gasteiger partial charge on any atom is 0.192 e. The van der Waals surface area contributed by atoms with Gasteiger partial charge in [0.25, 0.3) is 0 Å². The lowest BCUT2D eigenvalue weighted by Gasteiger charge is -2.40. The molecule has 1 aliphatic heterocycles. The molecule has 0 unspecified atom stereocenters. The standard InChI is InChI=1S/C22H37IO4Si/c1-22(2,3)28(5,6)27-21(20-12-11-19(26-20)13-14-23)16-25-15-17-7-9-18(24-4)10-8-17/h7-10,19-21H,11-16H2,1-6H3/t19-,20-,21-/m1/s1. The minimum atomic E-state index is -1.90. The summed E-state index contributed by atoms with van der Waals surface area (Å²) in [5.74, 6) is 0.864. The van der Waals surface area contributed by atoms with E-state index in [1.807, 2.05) is 24.3 Å². The van der Waals surface area contributed by atoms with Crippen LogP contribution in [0.3, 0.4) is 0 Å². The minimum absolute atomic E-state index is 0.00153. The Morgan fingerprint density at radius 3 is 2.43 bits per heavy atom. The van der Waals surface area contributed by atoms with E-state index >= 15 is 0 Å². The SMILES string of the molecule is COc1ccc(COC[C@@H](O[Si](C)(C)C(C)(C)C)[C@H]2CC[C@H](CCI)O2)cc1. The van der Waals surface area contributed by atoms with Gasteiger partial charge < -0.3 is 18.6 Å². The van der Waals surface area contributed by atoms with Crippen molar-refractivity contribution in [3.63, 3.8) is 0 Å². The third-order valence-corrected chi connectivity index (χ3v) is 11.1. The predicted molar refractivity (Wildman–Crippen MR) is 126 cm³/mol. The highest BCUT2D eigenvalue weighted by Crippen LogP contribution is 2.39. The number of benzene rings is 1. The molecular formula is C22H37IO4Si. The first-order chi connectivity index (χ1) is 13.2. The lowest BCUT2D eigenvalue weighted by molar-refractivity contribution is -0.0646. The van der Waals surface area contributed by atoms with Crippen LogP contribution in [0.2, 0.25) is 18.1 Å². The quantitative estimate of drug-likeness (QED) is 0.216. The van der Waals surface area contributed by atoms with Crippen molar-refractivity contribution in [2.75, 3.05) is 18.1 Å². The van der Waals surface area contributed by atoms with Crippen LogP contribution in [0.1, 0.15) is 45.6 Å². The average Bonchev–Trinajstić information content (AvgIpc) is 3.09. The van der Waals surface area contributed by atoms with Crippen LogP contribution in [0, 0.1) is 0 Å². The summed E-state index contributed by atoms with van der Waals surface area (Å²) >= 11 is 2.43. The molecular weight excluding hydrogens is 483 g/mol. The van der Waals surface area contributed by atoms with Gasteiger partial charge in [-0.2, -0.15) is 0 Å². The fraction of sp³-hybridized carbons (Fsp3) is 0.727. The van der Waals surface area contributed by atoms with Crippen molar-refractivity contribution >= 4 is 30.9 Å². The first kappa shape index (κ1) is 24.1. The zero-order valence-electron chi connectivity index (χ0n) is 18.3. The van der Waals surface area contributed by atoms with E-state index in [1.54, 1.807) is 7.11 Å². The zero-order valence-corrected chi connectivity index (χ0v) is 21.5. The molecule has 1 fully saturated rings. The summed E-state index contributed by atoms with van der Waals surface area (Å²) in [6.07, 6.45) is 3.82. The molecule has 1 aromatic rings. The second-order valence-corrected chi connectivity index (χ2v) is 15.0. The number of hydrogen-bond acceptors (Lipinski definition) is 4. The molecule has 3 atom stereocenters. The van der Waals surface area contributed by atoms with Crippen molar-refractivity contribution in [2.24, 2.45) is 0 Å². The number of rotatable bonds is 10. The summed E-state index contributed by atoms with van der Waals surface area (Å²) in [4.78, 5) is 0. The number of hydrogen-bond donors (Lipinski definition) is 0. The van der Waals surface area contributed by atoms with E-state index < -0.39 is 8.32 Å². The van der Waals surface area contributed by atoms with Gasteiger partial charge in [0.15, 0.2) is 8.32 Å². The van der Waals surface area contributed by atoms with Gasteiger partial charge in [0.1, 0.15) is 5.75 Å². The van der Waals surface area contributed by atoms with E-state index in [0.29, 0.717) is 19.3 Å². The maximum atomic E-state index is 6.75. The van der Waals surface area contributed by atoms with Gasteiger partial charge >= 0.3 is 0 Å². The van der Waals surface area contributed by atoms with Crippen LogP contribution in [-0.4, -0.2) is 44.8 Å². The highest BCUT2D eigenvalue weighted by atomic mass is 127. The molecule has 1 saturated heterocycles. The first-order valence-electron chi connectivity index (χ1n) is 10.3. The molecule has 0 saturated carbocycles. The summed E-state index contributed by atoms with van der Waals surface area (Å²) in [6, 6.07) is 8.03. The Hall–Kier alpha value is -0.153. The summed E-state index contributed by atoms with van der Waals surface area (Å²) in [6.45, 7) is 12.6. The van der Waals surface area contributed by atoms with Gasteiger partial charge in [-0.25, -0.2) is 0 Å². The molecule has 0 spiro atoms. The Morgan fingerprint density at radius 1 is 1.18 bits per heavy atom. The van der Waals surface area contributed by atoms with Gasteiger partial charge in [0.05, 0.1) is 38.6 Å². The van der Waals surface area contributed by atoms with E-state index in [4.69, 9.17) is 18.6 Å². The molecule has 0 aliphatic carbocycles. The van der Waals surface area contributed by atoms with Gasteiger partial charge in [0.2, 0.25) is 0 Å². The van der Waals surface area contributed by atoms with Crippen LogP contribution < -0.4 is 4.74 Å². The highest BCUT2D eigenvalue weighted by Gasteiger charge is 2.42. The van der Waals surface area contributed by atoms with Crippen LogP contribution in [0.4, 0.5) is 0 Å². The lowest BCUT2D eigenvalue weighted by atomic mass is 10.1. The normalized spacial score (nSPS) is 21.7. The van der Waals surface area contributed by atoms with Gasteiger partial charge in [-0.05, 0) is 55.1 Å². The van der Waals surface area contributed by atoms with Crippen LogP contribution >= 0.6 is 22.6 Å². The number of ether oxygens (including phenoxy) is 3. The fourth-order valence-electron chi connectivity index (χ4n) is 3.13. The molecule has 2 rings (SSSR count). The van der Waals surface area contributed by atoms with Crippen molar-refractivity contribution in [2.45, 2.75) is 83.1 Å². The molecule has 28 heavy (non-hydrogen) atoms. The minimum Gasteiger partial charge on any atom is -0.497 e. The van der Waals surface area contributed by atoms with Gasteiger partial charge in [-0.3, -0.25) is 0 Å². The summed E-state index contributed by atoms with van der Waals surface area (Å²) < 4.78 is 25.6. The van der Waals surface area contributed by atoms with Crippen molar-refractivity contribution in [1.29, 1.82) is 0 Å². The third kappa shape index (κ3) is 6.97. The highest BCUT2D eigenvalue weighted by molar-refractivity contribution is 14.1. The molecule has 0 bridgehead atoms. The summed E-state index contributed by atoms with van der Waals surface area (Å²) in [5, 5.41) is 0.168. The third-order valence-electron chi connectivity index (χ3n) is 5.95. The Balaban J connectivity index is 1.99. The molecule has 0 amide bonds. The maximum absolute atomic E-state index is 6.75. The number of alkyl halides is 1. The molecule has 0 radical (unpaired) electrons. The van der Waals surface area contributed by atoms with Crippen molar-refractivity contribution < 1.29 is 18.6 Å². The van der Waals surface area contributed by atoms with Gasteiger partial charge in [-0.15, -0.1) is 0 Å². The van der Waals surface area contributed by atoms with Crippen LogP contribution in [0.5, 0.6) is 5.75 Å². The van der Waals surface area contributed by atoms with E-state index in [0.717, 1.165) is 35.0 Å². The second-order valence-electron chi connectivity index (χ2n) is 9.13. The first-order valence-corrected chi connectivity index (χ1v) is 14.7. The second kappa shape index (κ2) is 10.7. The van der Waals surface area contributed by atoms with E-state index in [2.05, 4.69) is 56.5 Å². The van der Waals surface area contributed by atoms with Gasteiger partial charge in [0, 0.05) is 4.43 Å². The van der Waals surface area contributed by atoms with E-state index in [-0.39, 0.29) is 17.2 Å². The molecule has 1 aliphatic rings. The monoisotopic (exact) mass is 520 g/mol. The molecule has 4 nitrogen and oxygen atoms in total. The Kier molecular flexibility index (Phi) is 9.26. The van der Waals surface area contributed by atoms with Crippen LogP contribution in [0.25, 0.3) is 0 Å². The van der Waals surface area contributed by atoms with Crippen molar-refractivity contribution in [3.05, 3.63) is 29.8 Å². The average molecular weight is 521 g/mol. The smallest absolute Gasteiger partial charge is 0.192 e. The largest absolute Gasteiger partial charge is 0.497 e. The number of halogens is 1. The number of methoxy groups -OCH3 is 1. The topological polar surface area (TPSA) is 36.9 Å². The zero-order chi connectivity index (χ0) is 20.8. The predicted octanol–water partition coefficient (Wildman–Crippen LogP) is 5.97. The molecule has 1 aromatic carbocycles. The van der Waals surface area contributed by atoms with Crippen molar-refractivity contribution in [1.82, 2.24) is 0 Å². The molecule has 160 valence electrons. The summed E-state index contributed by atoms with van der Waals surface area (Å²) in [7, 11) is -0.214.